The second-order valence-electron chi connectivity index (χ2n) is 4.89. The van der Waals surface area contributed by atoms with Gasteiger partial charge in [-0.2, -0.15) is 0 Å². The largest absolute Gasteiger partial charge is 0.492 e. The van der Waals surface area contributed by atoms with Gasteiger partial charge in [-0.25, -0.2) is 8.42 Å². The maximum atomic E-state index is 12.1. The minimum atomic E-state index is -3.57. The number of hydrogen-bond donors (Lipinski definition) is 1. The first-order chi connectivity index (χ1) is 10.9. The quantitative estimate of drug-likeness (QED) is 0.783. The van der Waals surface area contributed by atoms with Crippen molar-refractivity contribution in [2.24, 2.45) is 0 Å². The van der Waals surface area contributed by atoms with E-state index in [1.54, 1.807) is 6.07 Å². The number of hydrogen-bond acceptors (Lipinski definition) is 3. The fourth-order valence-corrected chi connectivity index (χ4v) is 3.19. The summed E-state index contributed by atoms with van der Waals surface area (Å²) in [5, 5.41) is 0.688. The summed E-state index contributed by atoms with van der Waals surface area (Å²) < 4.78 is 32.0. The lowest BCUT2D eigenvalue weighted by molar-refractivity contribution is 0.341. The Bertz CT molecular complexity index is 761. The van der Waals surface area contributed by atoms with Crippen LogP contribution in [0, 0.1) is 0 Å². The Morgan fingerprint density at radius 2 is 1.78 bits per heavy atom. The van der Waals surface area contributed by atoms with E-state index in [2.05, 4.69) is 11.6 Å². The van der Waals surface area contributed by atoms with Gasteiger partial charge in [0.15, 0.2) is 0 Å². The van der Waals surface area contributed by atoms with Gasteiger partial charge in [0.2, 0.25) is 10.0 Å². The molecule has 2 rings (SSSR count). The van der Waals surface area contributed by atoms with Crippen molar-refractivity contribution >= 4 is 38.9 Å². The lowest BCUT2D eigenvalue weighted by atomic mass is 10.2. The number of aryl methyl sites for hydroxylation is 1. The van der Waals surface area contributed by atoms with Gasteiger partial charge in [-0.1, -0.05) is 42.3 Å². The first-order valence-corrected chi connectivity index (χ1v) is 9.48. The molecule has 1 N–H and O–H groups in total. The zero-order valence-electron chi connectivity index (χ0n) is 12.6. The van der Waals surface area contributed by atoms with Crippen LogP contribution in [0.15, 0.2) is 42.5 Å². The molecule has 0 spiro atoms. The van der Waals surface area contributed by atoms with E-state index in [0.29, 0.717) is 10.8 Å². The van der Waals surface area contributed by atoms with E-state index < -0.39 is 10.0 Å². The van der Waals surface area contributed by atoms with Crippen LogP contribution in [0.2, 0.25) is 10.0 Å². The minimum absolute atomic E-state index is 0.0407. The monoisotopic (exact) mass is 373 g/mol. The Labute approximate surface area is 146 Å². The Balaban J connectivity index is 1.92. The topological polar surface area (TPSA) is 55.4 Å². The molecular weight excluding hydrogens is 357 g/mol. The standard InChI is InChI=1S/C16H17Cl2NO3S/c1-2-12-3-6-14(7-4-12)22-9-10-23(20,21)19-16-11-13(17)5-8-15(16)18/h3-8,11,19H,2,9-10H2,1H3. The molecule has 7 heteroatoms. The van der Waals surface area contributed by atoms with Crippen LogP contribution in [-0.4, -0.2) is 20.8 Å². The molecule has 0 amide bonds. The fraction of sp³-hybridized carbons (Fsp3) is 0.250. The van der Waals surface area contributed by atoms with E-state index in [4.69, 9.17) is 27.9 Å². The van der Waals surface area contributed by atoms with Gasteiger partial charge in [0.1, 0.15) is 18.1 Å². The molecule has 0 saturated heterocycles. The molecule has 124 valence electrons. The van der Waals surface area contributed by atoms with E-state index in [-0.39, 0.29) is 23.1 Å². The van der Waals surface area contributed by atoms with E-state index in [1.165, 1.54) is 17.7 Å². The van der Waals surface area contributed by atoms with Crippen molar-refractivity contribution in [3.05, 3.63) is 58.1 Å². The van der Waals surface area contributed by atoms with Crippen LogP contribution in [-0.2, 0) is 16.4 Å². The van der Waals surface area contributed by atoms with Gasteiger partial charge >= 0.3 is 0 Å². The summed E-state index contributed by atoms with van der Waals surface area (Å²) in [7, 11) is -3.57. The van der Waals surface area contributed by atoms with Gasteiger partial charge in [-0.15, -0.1) is 0 Å². The summed E-state index contributed by atoms with van der Waals surface area (Å²) in [5.74, 6) is 0.448. The van der Waals surface area contributed by atoms with Gasteiger partial charge in [0.05, 0.1) is 10.7 Å². The minimum Gasteiger partial charge on any atom is -0.492 e. The van der Waals surface area contributed by atoms with Crippen LogP contribution in [0.25, 0.3) is 0 Å². The zero-order valence-corrected chi connectivity index (χ0v) is 14.9. The highest BCUT2D eigenvalue weighted by molar-refractivity contribution is 7.92. The molecule has 0 radical (unpaired) electrons. The van der Waals surface area contributed by atoms with Gasteiger partial charge in [-0.05, 0) is 42.3 Å². The first kappa shape index (κ1) is 17.9. The van der Waals surface area contributed by atoms with E-state index in [0.717, 1.165) is 6.42 Å². The molecule has 0 aliphatic rings. The van der Waals surface area contributed by atoms with Crippen molar-refractivity contribution in [2.45, 2.75) is 13.3 Å². The number of sulfonamides is 1. The fourth-order valence-electron chi connectivity index (χ4n) is 1.88. The summed E-state index contributed by atoms with van der Waals surface area (Å²) >= 11 is 11.8. The summed E-state index contributed by atoms with van der Waals surface area (Å²) in [5.41, 5.74) is 1.45. The summed E-state index contributed by atoms with van der Waals surface area (Å²) in [6, 6.07) is 12.1. The van der Waals surface area contributed by atoms with Crippen molar-refractivity contribution in [3.63, 3.8) is 0 Å². The lowest BCUT2D eigenvalue weighted by Crippen LogP contribution is -2.21. The summed E-state index contributed by atoms with van der Waals surface area (Å²) in [6.45, 7) is 2.11. The number of ether oxygens (including phenoxy) is 1. The molecule has 4 nitrogen and oxygen atoms in total. The Kier molecular flexibility index (Phi) is 6.16. The molecule has 0 aromatic heterocycles. The highest BCUT2D eigenvalue weighted by Crippen LogP contribution is 2.26. The number of benzene rings is 2. The van der Waals surface area contributed by atoms with E-state index in [9.17, 15) is 8.42 Å². The maximum Gasteiger partial charge on any atom is 0.236 e. The molecule has 0 aliphatic carbocycles. The molecule has 0 atom stereocenters. The molecule has 2 aromatic rings. The highest BCUT2D eigenvalue weighted by atomic mass is 35.5. The van der Waals surface area contributed by atoms with Crippen LogP contribution in [0.5, 0.6) is 5.75 Å². The second-order valence-corrected chi connectivity index (χ2v) is 7.58. The molecule has 0 heterocycles. The highest BCUT2D eigenvalue weighted by Gasteiger charge is 2.13. The SMILES string of the molecule is CCc1ccc(OCCS(=O)(=O)Nc2cc(Cl)ccc2Cl)cc1. The predicted octanol–water partition coefficient (Wildman–Crippen LogP) is 4.38. The number of anilines is 1. The van der Waals surface area contributed by atoms with Gasteiger partial charge < -0.3 is 4.74 Å². The third-order valence-electron chi connectivity index (χ3n) is 3.15. The maximum absolute atomic E-state index is 12.1. The van der Waals surface area contributed by atoms with Gasteiger partial charge in [-0.3, -0.25) is 4.72 Å². The van der Waals surface area contributed by atoms with E-state index >= 15 is 0 Å². The van der Waals surface area contributed by atoms with Crippen LogP contribution in [0.3, 0.4) is 0 Å². The van der Waals surface area contributed by atoms with Crippen molar-refractivity contribution < 1.29 is 13.2 Å². The molecule has 2 aromatic carbocycles. The zero-order chi connectivity index (χ0) is 16.9. The molecule has 23 heavy (non-hydrogen) atoms. The third-order valence-corrected chi connectivity index (χ3v) is 4.95. The number of halogens is 2. The Morgan fingerprint density at radius 1 is 1.09 bits per heavy atom. The second kappa shape index (κ2) is 7.90. The van der Waals surface area contributed by atoms with Crippen molar-refractivity contribution in [3.8, 4) is 5.75 Å². The molecule has 0 fully saturated rings. The molecule has 0 aliphatic heterocycles. The summed E-state index contributed by atoms with van der Waals surface area (Å²) in [6.07, 6.45) is 0.943. The molecule has 0 unspecified atom stereocenters. The van der Waals surface area contributed by atoms with Crippen molar-refractivity contribution in [1.82, 2.24) is 0 Å². The lowest BCUT2D eigenvalue weighted by Gasteiger charge is -2.11. The first-order valence-electron chi connectivity index (χ1n) is 7.07. The number of nitrogens with one attached hydrogen (secondary N) is 1. The van der Waals surface area contributed by atoms with Crippen molar-refractivity contribution in [2.75, 3.05) is 17.1 Å². The van der Waals surface area contributed by atoms with Gasteiger partial charge in [0.25, 0.3) is 0 Å². The van der Waals surface area contributed by atoms with Crippen LogP contribution in [0.4, 0.5) is 5.69 Å². The van der Waals surface area contributed by atoms with Gasteiger partial charge in [0, 0.05) is 5.02 Å². The molecule has 0 bridgehead atoms. The third kappa shape index (κ3) is 5.61. The van der Waals surface area contributed by atoms with Crippen LogP contribution >= 0.6 is 23.2 Å². The predicted molar refractivity (Wildman–Crippen MR) is 95.2 cm³/mol. The molecular formula is C16H17Cl2NO3S. The summed E-state index contributed by atoms with van der Waals surface area (Å²) in [4.78, 5) is 0. The van der Waals surface area contributed by atoms with Crippen molar-refractivity contribution in [1.29, 1.82) is 0 Å². The Morgan fingerprint density at radius 3 is 2.43 bits per heavy atom. The molecule has 0 saturated carbocycles. The normalized spacial score (nSPS) is 11.3. The average molecular weight is 374 g/mol. The average Bonchev–Trinajstić information content (AvgIpc) is 2.51. The number of rotatable bonds is 7. The van der Waals surface area contributed by atoms with Crippen LogP contribution in [0.1, 0.15) is 12.5 Å². The van der Waals surface area contributed by atoms with Crippen LogP contribution < -0.4 is 9.46 Å². The Hall–Kier alpha value is -1.43. The van der Waals surface area contributed by atoms with E-state index in [1.807, 2.05) is 24.3 Å². The smallest absolute Gasteiger partial charge is 0.236 e.